The van der Waals surface area contributed by atoms with Crippen LogP contribution in [0.4, 0.5) is 8.78 Å². The molecule has 1 fully saturated rings. The van der Waals surface area contributed by atoms with Crippen molar-refractivity contribution in [1.29, 1.82) is 0 Å². The predicted molar refractivity (Wildman–Crippen MR) is 124 cm³/mol. The molecular formula is C24H31F2NO4S2. The summed E-state index contributed by atoms with van der Waals surface area (Å²) in [5.41, 5.74) is 0.934. The lowest BCUT2D eigenvalue weighted by Crippen LogP contribution is -2.44. The van der Waals surface area contributed by atoms with Crippen LogP contribution in [0.1, 0.15) is 44.6 Å². The number of hydrogen-bond acceptors (Lipinski definition) is 4. The van der Waals surface area contributed by atoms with E-state index in [0.29, 0.717) is 12.8 Å². The Morgan fingerprint density at radius 1 is 0.909 bits per heavy atom. The summed E-state index contributed by atoms with van der Waals surface area (Å²) in [6.07, 6.45) is 1.98. The van der Waals surface area contributed by atoms with Gasteiger partial charge in [0, 0.05) is 19.0 Å². The fourth-order valence-electron chi connectivity index (χ4n) is 4.57. The molecule has 2 aromatic carbocycles. The number of hydrogen-bond donors (Lipinski definition) is 0. The largest absolute Gasteiger partial charge is 0.353 e. The van der Waals surface area contributed by atoms with Crippen LogP contribution in [0.5, 0.6) is 0 Å². The summed E-state index contributed by atoms with van der Waals surface area (Å²) < 4.78 is 83.9. The smallest absolute Gasteiger partial charge is 0.217 e. The lowest BCUT2D eigenvalue weighted by molar-refractivity contribution is -0.0233. The summed E-state index contributed by atoms with van der Waals surface area (Å²) in [7, 11) is -8.62. The predicted octanol–water partition coefficient (Wildman–Crippen LogP) is 5.27. The second-order valence-corrected chi connectivity index (χ2v) is 12.6. The second kappa shape index (κ2) is 10.2. The molecule has 0 N–H and O–H groups in total. The van der Waals surface area contributed by atoms with Crippen LogP contribution in [0.3, 0.4) is 0 Å². The Kier molecular flexibility index (Phi) is 7.96. The zero-order valence-electron chi connectivity index (χ0n) is 19.0. The molecule has 1 aliphatic carbocycles. The van der Waals surface area contributed by atoms with Gasteiger partial charge in [0.1, 0.15) is 0 Å². The molecule has 1 saturated carbocycles. The summed E-state index contributed by atoms with van der Waals surface area (Å²) >= 11 is 0. The molecule has 0 bridgehead atoms. The van der Waals surface area contributed by atoms with Gasteiger partial charge >= 0.3 is 5.25 Å². The molecule has 0 amide bonds. The molecule has 182 valence electrons. The van der Waals surface area contributed by atoms with E-state index < -0.39 is 41.8 Å². The lowest BCUT2D eigenvalue weighted by Gasteiger charge is -2.37. The summed E-state index contributed by atoms with van der Waals surface area (Å²) in [5, 5.41) is -3.92. The molecule has 2 unspecified atom stereocenters. The molecule has 1 aliphatic rings. The Morgan fingerprint density at radius 3 is 2.12 bits per heavy atom. The normalized spacial score (nSPS) is 20.2. The van der Waals surface area contributed by atoms with Gasteiger partial charge in [-0.25, -0.2) is 16.8 Å². The van der Waals surface area contributed by atoms with Crippen molar-refractivity contribution in [2.24, 2.45) is 11.8 Å². The van der Waals surface area contributed by atoms with Gasteiger partial charge in [-0.2, -0.15) is 13.1 Å². The number of benzene rings is 2. The van der Waals surface area contributed by atoms with Gasteiger partial charge in [0.15, 0.2) is 0 Å². The fraction of sp³-hybridized carbons (Fsp3) is 0.500. The SMILES string of the molecule is CCN(CCC1CCCCC1C(F)(F)S(=O)(=O)c1ccccc1)S(=O)(=O)c1ccc(C)cc1. The van der Waals surface area contributed by atoms with Gasteiger partial charge < -0.3 is 0 Å². The Hall–Kier alpha value is -1.84. The van der Waals surface area contributed by atoms with Crippen LogP contribution in [0, 0.1) is 18.8 Å². The Balaban J connectivity index is 1.81. The molecular weight excluding hydrogens is 468 g/mol. The van der Waals surface area contributed by atoms with Crippen molar-refractivity contribution in [1.82, 2.24) is 4.31 Å². The summed E-state index contributed by atoms with van der Waals surface area (Å²) in [5.74, 6) is -1.94. The number of rotatable bonds is 9. The van der Waals surface area contributed by atoms with Crippen LogP contribution < -0.4 is 0 Å². The standard InChI is InChI=1S/C24H31F2NO4S2/c1-3-27(33(30,31)22-15-13-19(2)14-16-22)18-17-20-9-7-8-12-23(20)24(25,26)32(28,29)21-10-5-4-6-11-21/h4-6,10-11,13-16,20,23H,3,7-9,12,17-18H2,1-2H3. The van der Waals surface area contributed by atoms with Crippen molar-refractivity contribution in [3.63, 3.8) is 0 Å². The van der Waals surface area contributed by atoms with Gasteiger partial charge in [-0.15, -0.1) is 0 Å². The molecule has 0 aliphatic heterocycles. The molecule has 2 atom stereocenters. The third-order valence-electron chi connectivity index (χ3n) is 6.51. The van der Waals surface area contributed by atoms with E-state index in [-0.39, 0.29) is 30.8 Å². The number of nitrogens with zero attached hydrogens (tertiary/aromatic N) is 1. The molecule has 3 rings (SSSR count). The number of sulfonamides is 1. The highest BCUT2D eigenvalue weighted by molar-refractivity contribution is 7.92. The maximum Gasteiger partial charge on any atom is 0.353 e. The third-order valence-corrected chi connectivity index (χ3v) is 10.4. The monoisotopic (exact) mass is 499 g/mol. The molecule has 9 heteroatoms. The van der Waals surface area contributed by atoms with Gasteiger partial charge in [0.25, 0.3) is 0 Å². The molecule has 0 saturated heterocycles. The van der Waals surface area contributed by atoms with Gasteiger partial charge in [0.2, 0.25) is 19.9 Å². The lowest BCUT2D eigenvalue weighted by atomic mass is 9.77. The average Bonchev–Trinajstić information content (AvgIpc) is 2.80. The minimum Gasteiger partial charge on any atom is -0.217 e. The van der Waals surface area contributed by atoms with Gasteiger partial charge in [0.05, 0.1) is 9.79 Å². The molecule has 0 heterocycles. The highest BCUT2D eigenvalue weighted by Gasteiger charge is 2.55. The summed E-state index contributed by atoms with van der Waals surface area (Å²) in [6.45, 7) is 3.83. The second-order valence-electron chi connectivity index (χ2n) is 8.63. The van der Waals surface area contributed by atoms with E-state index in [1.54, 1.807) is 25.1 Å². The van der Waals surface area contributed by atoms with E-state index in [9.17, 15) is 16.8 Å². The number of sulfone groups is 1. The Labute approximate surface area is 195 Å². The van der Waals surface area contributed by atoms with Gasteiger partial charge in [-0.1, -0.05) is 55.7 Å². The van der Waals surface area contributed by atoms with E-state index in [1.807, 2.05) is 6.92 Å². The topological polar surface area (TPSA) is 71.5 Å². The first-order chi connectivity index (χ1) is 15.5. The van der Waals surface area contributed by atoms with Crippen molar-refractivity contribution >= 4 is 19.9 Å². The molecule has 0 spiro atoms. The van der Waals surface area contributed by atoms with Crippen LogP contribution in [-0.4, -0.2) is 39.5 Å². The molecule has 0 radical (unpaired) electrons. The zero-order chi connectivity index (χ0) is 24.3. The first kappa shape index (κ1) is 25.8. The van der Waals surface area contributed by atoms with Crippen LogP contribution in [0.2, 0.25) is 0 Å². The first-order valence-electron chi connectivity index (χ1n) is 11.3. The minimum atomic E-state index is -4.86. The first-order valence-corrected chi connectivity index (χ1v) is 14.2. The van der Waals surface area contributed by atoms with E-state index in [2.05, 4.69) is 0 Å². The average molecular weight is 500 g/mol. The van der Waals surface area contributed by atoms with Crippen LogP contribution in [-0.2, 0) is 19.9 Å². The highest BCUT2D eigenvalue weighted by Crippen LogP contribution is 2.47. The molecule has 0 aromatic heterocycles. The minimum absolute atomic E-state index is 0.0648. The van der Waals surface area contributed by atoms with Crippen molar-refractivity contribution < 1.29 is 25.6 Å². The molecule has 33 heavy (non-hydrogen) atoms. The maximum absolute atomic E-state index is 15.4. The van der Waals surface area contributed by atoms with E-state index in [4.69, 9.17) is 0 Å². The van der Waals surface area contributed by atoms with E-state index in [0.717, 1.165) is 12.0 Å². The van der Waals surface area contributed by atoms with Crippen LogP contribution in [0.15, 0.2) is 64.4 Å². The van der Waals surface area contributed by atoms with E-state index in [1.165, 1.54) is 40.7 Å². The number of halogens is 2. The number of alkyl halides is 2. The van der Waals surface area contributed by atoms with Crippen molar-refractivity contribution in [3.05, 3.63) is 60.2 Å². The molecule has 2 aromatic rings. The summed E-state index contributed by atoms with van der Waals surface area (Å²) in [6, 6.07) is 13.3. The van der Waals surface area contributed by atoms with Crippen LogP contribution >= 0.6 is 0 Å². The number of aryl methyl sites for hydroxylation is 1. The van der Waals surface area contributed by atoms with Crippen molar-refractivity contribution in [3.8, 4) is 0 Å². The maximum atomic E-state index is 15.4. The van der Waals surface area contributed by atoms with Gasteiger partial charge in [-0.05, 0) is 56.4 Å². The third kappa shape index (κ3) is 5.30. The summed E-state index contributed by atoms with van der Waals surface area (Å²) in [4.78, 5) is -0.233. The molecule has 5 nitrogen and oxygen atoms in total. The zero-order valence-corrected chi connectivity index (χ0v) is 20.6. The Bertz CT molecular complexity index is 1130. The highest BCUT2D eigenvalue weighted by atomic mass is 32.2. The van der Waals surface area contributed by atoms with Crippen molar-refractivity contribution in [2.45, 2.75) is 61.0 Å². The van der Waals surface area contributed by atoms with Crippen LogP contribution in [0.25, 0.3) is 0 Å². The Morgan fingerprint density at radius 2 is 1.52 bits per heavy atom. The quantitative estimate of drug-likeness (QED) is 0.471. The van der Waals surface area contributed by atoms with Crippen molar-refractivity contribution in [2.75, 3.05) is 13.1 Å². The fourth-order valence-corrected chi connectivity index (χ4v) is 7.57. The van der Waals surface area contributed by atoms with Gasteiger partial charge in [-0.3, -0.25) is 0 Å². The van der Waals surface area contributed by atoms with E-state index >= 15 is 8.78 Å².